The Labute approximate surface area is 163 Å². The number of rotatable bonds is 4. The minimum absolute atomic E-state index is 0.0401. The van der Waals surface area contributed by atoms with Crippen LogP contribution in [-0.2, 0) is 0 Å². The summed E-state index contributed by atoms with van der Waals surface area (Å²) in [6.45, 7) is 4.68. The molecule has 1 aliphatic rings. The summed E-state index contributed by atoms with van der Waals surface area (Å²) in [5.41, 5.74) is 1.61. The van der Waals surface area contributed by atoms with Gasteiger partial charge in [-0.2, -0.15) is 0 Å². The molecule has 1 amide bonds. The molecule has 0 aromatic carbocycles. The van der Waals surface area contributed by atoms with Crippen LogP contribution in [0.3, 0.4) is 0 Å². The number of amides is 1. The standard InChI is InChI=1S/C20H21N7O/c1-15-3-2-4-17(22-15)23-18-5-6-19(25-24-18)26-11-13-27(14-12-26)20(28)16-7-9-21-10-8-16/h2-10H,11-14H2,1H3,(H,22,23,24). The zero-order valence-corrected chi connectivity index (χ0v) is 15.6. The molecule has 1 saturated heterocycles. The molecule has 1 fully saturated rings. The first-order valence-corrected chi connectivity index (χ1v) is 9.18. The molecule has 0 radical (unpaired) electrons. The summed E-state index contributed by atoms with van der Waals surface area (Å²) in [4.78, 5) is 24.9. The fourth-order valence-corrected chi connectivity index (χ4v) is 3.12. The lowest BCUT2D eigenvalue weighted by Gasteiger charge is -2.35. The van der Waals surface area contributed by atoms with Gasteiger partial charge in [-0.25, -0.2) is 4.98 Å². The Bertz CT molecular complexity index is 938. The van der Waals surface area contributed by atoms with Crippen LogP contribution in [0.15, 0.2) is 54.9 Å². The van der Waals surface area contributed by atoms with E-state index in [1.54, 1.807) is 24.5 Å². The van der Waals surface area contributed by atoms with Gasteiger partial charge in [0.2, 0.25) is 0 Å². The van der Waals surface area contributed by atoms with E-state index < -0.39 is 0 Å². The molecule has 4 heterocycles. The highest BCUT2D eigenvalue weighted by Gasteiger charge is 2.23. The number of aromatic nitrogens is 4. The molecule has 28 heavy (non-hydrogen) atoms. The van der Waals surface area contributed by atoms with Gasteiger partial charge in [-0.1, -0.05) is 6.07 Å². The van der Waals surface area contributed by atoms with Crippen LogP contribution in [0.4, 0.5) is 17.5 Å². The number of nitrogens with one attached hydrogen (secondary N) is 1. The second-order valence-corrected chi connectivity index (χ2v) is 6.58. The number of pyridine rings is 2. The topological polar surface area (TPSA) is 87.1 Å². The van der Waals surface area contributed by atoms with Crippen molar-refractivity contribution in [3.8, 4) is 0 Å². The first-order chi connectivity index (χ1) is 13.7. The third-order valence-electron chi connectivity index (χ3n) is 4.61. The molecule has 1 N–H and O–H groups in total. The average molecular weight is 375 g/mol. The van der Waals surface area contributed by atoms with E-state index in [2.05, 4.69) is 30.4 Å². The minimum atomic E-state index is 0.0401. The lowest BCUT2D eigenvalue weighted by molar-refractivity contribution is 0.0746. The number of hydrogen-bond donors (Lipinski definition) is 1. The maximum absolute atomic E-state index is 12.5. The van der Waals surface area contributed by atoms with Crippen LogP contribution >= 0.6 is 0 Å². The van der Waals surface area contributed by atoms with Crippen molar-refractivity contribution in [3.05, 3.63) is 66.1 Å². The van der Waals surface area contributed by atoms with E-state index in [0.717, 1.165) is 30.4 Å². The molecule has 0 bridgehead atoms. The van der Waals surface area contributed by atoms with Crippen molar-refractivity contribution in [1.29, 1.82) is 0 Å². The van der Waals surface area contributed by atoms with E-state index in [-0.39, 0.29) is 5.91 Å². The fraction of sp³-hybridized carbons (Fsp3) is 0.250. The van der Waals surface area contributed by atoms with E-state index in [9.17, 15) is 4.79 Å². The third-order valence-corrected chi connectivity index (χ3v) is 4.61. The van der Waals surface area contributed by atoms with Crippen LogP contribution < -0.4 is 10.2 Å². The molecule has 142 valence electrons. The van der Waals surface area contributed by atoms with Crippen LogP contribution in [0.2, 0.25) is 0 Å². The molecule has 0 saturated carbocycles. The van der Waals surface area contributed by atoms with Crippen LogP contribution in [0.1, 0.15) is 16.1 Å². The third kappa shape index (κ3) is 4.06. The molecule has 0 atom stereocenters. The Morgan fingerprint density at radius 1 is 0.929 bits per heavy atom. The summed E-state index contributed by atoms with van der Waals surface area (Å²) in [5, 5.41) is 11.7. The second kappa shape index (κ2) is 7.99. The highest BCUT2D eigenvalue weighted by Crippen LogP contribution is 2.17. The molecule has 4 rings (SSSR count). The van der Waals surface area contributed by atoms with Crippen LogP contribution in [0.25, 0.3) is 0 Å². The number of aryl methyl sites for hydroxylation is 1. The smallest absolute Gasteiger partial charge is 0.254 e. The van der Waals surface area contributed by atoms with E-state index in [1.807, 2.05) is 42.2 Å². The molecule has 3 aromatic heterocycles. The maximum Gasteiger partial charge on any atom is 0.254 e. The predicted octanol–water partition coefficient (Wildman–Crippen LogP) is 2.28. The molecular formula is C20H21N7O. The largest absolute Gasteiger partial charge is 0.352 e. The van der Waals surface area contributed by atoms with Gasteiger partial charge in [0.25, 0.3) is 5.91 Å². The quantitative estimate of drug-likeness (QED) is 0.748. The van der Waals surface area contributed by atoms with Crippen molar-refractivity contribution < 1.29 is 4.79 Å². The number of carbonyl (C=O) groups excluding carboxylic acids is 1. The Hall–Kier alpha value is -3.55. The average Bonchev–Trinajstić information content (AvgIpc) is 2.75. The van der Waals surface area contributed by atoms with Crippen molar-refractivity contribution in [1.82, 2.24) is 25.1 Å². The van der Waals surface area contributed by atoms with Crippen molar-refractivity contribution in [2.75, 3.05) is 36.4 Å². The number of hydrogen-bond acceptors (Lipinski definition) is 7. The molecule has 1 aliphatic heterocycles. The van der Waals surface area contributed by atoms with Crippen molar-refractivity contribution >= 4 is 23.4 Å². The number of piperazine rings is 1. The molecule has 0 spiro atoms. The van der Waals surface area contributed by atoms with E-state index in [0.29, 0.717) is 24.5 Å². The zero-order valence-electron chi connectivity index (χ0n) is 15.6. The Morgan fingerprint density at radius 3 is 2.39 bits per heavy atom. The van der Waals surface area contributed by atoms with Crippen molar-refractivity contribution in [2.24, 2.45) is 0 Å². The van der Waals surface area contributed by atoms with E-state index >= 15 is 0 Å². The first kappa shape index (κ1) is 17.8. The van der Waals surface area contributed by atoms with E-state index in [4.69, 9.17) is 0 Å². The van der Waals surface area contributed by atoms with Crippen molar-refractivity contribution in [2.45, 2.75) is 6.92 Å². The molecular weight excluding hydrogens is 354 g/mol. The summed E-state index contributed by atoms with van der Waals surface area (Å²) in [6.07, 6.45) is 3.28. The van der Waals surface area contributed by atoms with Gasteiger partial charge >= 0.3 is 0 Å². The maximum atomic E-state index is 12.5. The SMILES string of the molecule is Cc1cccc(Nc2ccc(N3CCN(C(=O)c4ccncc4)CC3)nn2)n1. The van der Waals surface area contributed by atoms with Gasteiger partial charge in [-0.3, -0.25) is 9.78 Å². The van der Waals surface area contributed by atoms with Crippen LogP contribution in [0.5, 0.6) is 0 Å². The van der Waals surface area contributed by atoms with Gasteiger partial charge < -0.3 is 15.1 Å². The Morgan fingerprint density at radius 2 is 1.71 bits per heavy atom. The van der Waals surface area contributed by atoms with Gasteiger partial charge in [0.1, 0.15) is 5.82 Å². The van der Waals surface area contributed by atoms with Crippen molar-refractivity contribution in [3.63, 3.8) is 0 Å². The summed E-state index contributed by atoms with van der Waals surface area (Å²) < 4.78 is 0. The van der Waals surface area contributed by atoms with Gasteiger partial charge in [0.15, 0.2) is 11.6 Å². The lowest BCUT2D eigenvalue weighted by Crippen LogP contribution is -2.49. The first-order valence-electron chi connectivity index (χ1n) is 9.18. The normalized spacial score (nSPS) is 14.0. The molecule has 0 aliphatic carbocycles. The molecule has 0 unspecified atom stereocenters. The Balaban J connectivity index is 1.35. The summed E-state index contributed by atoms with van der Waals surface area (Å²) >= 11 is 0. The fourth-order valence-electron chi connectivity index (χ4n) is 3.12. The Kier molecular flexibility index (Phi) is 5.09. The van der Waals surface area contributed by atoms with Gasteiger partial charge in [-0.15, -0.1) is 10.2 Å². The van der Waals surface area contributed by atoms with Gasteiger partial charge in [0, 0.05) is 49.8 Å². The summed E-state index contributed by atoms with van der Waals surface area (Å²) in [5.74, 6) is 2.23. The predicted molar refractivity (Wildman–Crippen MR) is 107 cm³/mol. The summed E-state index contributed by atoms with van der Waals surface area (Å²) in [6, 6.07) is 13.1. The highest BCUT2D eigenvalue weighted by atomic mass is 16.2. The monoisotopic (exact) mass is 375 g/mol. The van der Waals surface area contributed by atoms with Crippen LogP contribution in [-0.4, -0.2) is 57.2 Å². The lowest BCUT2D eigenvalue weighted by atomic mass is 10.2. The molecule has 8 nitrogen and oxygen atoms in total. The van der Waals surface area contributed by atoms with Crippen LogP contribution in [0, 0.1) is 6.92 Å². The number of anilines is 3. The second-order valence-electron chi connectivity index (χ2n) is 6.58. The van der Waals surface area contributed by atoms with Gasteiger partial charge in [0.05, 0.1) is 0 Å². The van der Waals surface area contributed by atoms with Gasteiger partial charge in [-0.05, 0) is 43.3 Å². The number of carbonyl (C=O) groups is 1. The minimum Gasteiger partial charge on any atom is -0.352 e. The summed E-state index contributed by atoms with van der Waals surface area (Å²) in [7, 11) is 0. The zero-order chi connectivity index (χ0) is 19.3. The van der Waals surface area contributed by atoms with E-state index in [1.165, 1.54) is 0 Å². The molecule has 8 heteroatoms. The highest BCUT2D eigenvalue weighted by molar-refractivity contribution is 5.94. The molecule has 3 aromatic rings. The number of nitrogens with zero attached hydrogens (tertiary/aromatic N) is 6.